The van der Waals surface area contributed by atoms with Gasteiger partial charge in [0.1, 0.15) is 4.90 Å². The third kappa shape index (κ3) is 2.26. The zero-order valence-electron chi connectivity index (χ0n) is 9.32. The largest absolute Gasteiger partial charge is 0.264 e. The molecule has 0 unspecified atom stereocenters. The number of halogens is 1. The molecule has 7 heteroatoms. The van der Waals surface area contributed by atoms with Crippen LogP contribution in [0.15, 0.2) is 35.6 Å². The molecule has 0 atom stereocenters. The molecule has 0 radical (unpaired) electrons. The molecule has 18 heavy (non-hydrogen) atoms. The van der Waals surface area contributed by atoms with Gasteiger partial charge in [-0.3, -0.25) is 0 Å². The predicted octanol–water partition coefficient (Wildman–Crippen LogP) is 2.07. The molecule has 0 spiro atoms. The minimum Gasteiger partial charge on any atom is -0.237 e. The van der Waals surface area contributed by atoms with Crippen molar-refractivity contribution < 1.29 is 8.42 Å². The van der Waals surface area contributed by atoms with Crippen LogP contribution in [0.1, 0.15) is 24.3 Å². The molecule has 2 aromatic heterocycles. The summed E-state index contributed by atoms with van der Waals surface area (Å²) in [6.45, 7) is 0. The molecule has 0 bridgehead atoms. The van der Waals surface area contributed by atoms with Gasteiger partial charge >= 0.3 is 0 Å². The molecule has 5 nitrogen and oxygen atoms in total. The smallest absolute Gasteiger partial charge is 0.237 e. The van der Waals surface area contributed by atoms with Crippen LogP contribution >= 0.6 is 10.7 Å². The van der Waals surface area contributed by atoms with Crippen molar-refractivity contribution in [3.8, 4) is 5.82 Å². The highest BCUT2D eigenvalue weighted by Gasteiger charge is 2.24. The second-order valence-corrected chi connectivity index (χ2v) is 6.85. The molecule has 3 rings (SSSR count). The third-order valence-corrected chi connectivity index (χ3v) is 4.20. The Balaban J connectivity index is 1.99. The Labute approximate surface area is 109 Å². The first-order valence-electron chi connectivity index (χ1n) is 5.50. The quantitative estimate of drug-likeness (QED) is 0.809. The average Bonchev–Trinajstić information content (AvgIpc) is 3.04. The lowest BCUT2D eigenvalue weighted by atomic mass is 10.2. The van der Waals surface area contributed by atoms with E-state index in [1.807, 2.05) is 12.1 Å². The first-order valence-corrected chi connectivity index (χ1v) is 7.80. The maximum atomic E-state index is 11.2. The molecule has 1 fully saturated rings. The third-order valence-electron chi connectivity index (χ3n) is 2.89. The Kier molecular flexibility index (Phi) is 2.64. The average molecular weight is 284 g/mol. The van der Waals surface area contributed by atoms with E-state index in [1.54, 1.807) is 6.20 Å². The fourth-order valence-corrected chi connectivity index (χ4v) is 2.43. The van der Waals surface area contributed by atoms with Crippen LogP contribution in [0.25, 0.3) is 5.82 Å². The van der Waals surface area contributed by atoms with E-state index in [-0.39, 0.29) is 4.90 Å². The molecule has 0 aliphatic heterocycles. The summed E-state index contributed by atoms with van der Waals surface area (Å²) in [5.74, 6) is 1.21. The van der Waals surface area contributed by atoms with Crippen molar-refractivity contribution >= 4 is 19.7 Å². The minimum atomic E-state index is -3.74. The van der Waals surface area contributed by atoms with Crippen molar-refractivity contribution in [1.82, 2.24) is 14.8 Å². The molecule has 94 valence electrons. The first kappa shape index (κ1) is 11.7. The Hall–Kier alpha value is -1.40. The van der Waals surface area contributed by atoms with Crippen LogP contribution in [0, 0.1) is 0 Å². The van der Waals surface area contributed by atoms with Crippen molar-refractivity contribution in [2.75, 3.05) is 0 Å². The standard InChI is InChI=1S/C11H10ClN3O2S/c12-18(16,17)10-6-14-15(7-10)11-5-9(3-4-13-11)8-1-2-8/h3-8H,1-2H2. The van der Waals surface area contributed by atoms with Gasteiger partial charge in [-0.05, 0) is 36.5 Å². The molecule has 0 amide bonds. The minimum absolute atomic E-state index is 0.0252. The summed E-state index contributed by atoms with van der Waals surface area (Å²) in [4.78, 5) is 4.15. The van der Waals surface area contributed by atoms with Crippen molar-refractivity contribution in [2.45, 2.75) is 23.7 Å². The van der Waals surface area contributed by atoms with Crippen LogP contribution in [-0.4, -0.2) is 23.2 Å². The number of hydrogen-bond donors (Lipinski definition) is 0. The van der Waals surface area contributed by atoms with Gasteiger partial charge < -0.3 is 0 Å². The van der Waals surface area contributed by atoms with Crippen LogP contribution in [0.4, 0.5) is 0 Å². The predicted molar refractivity (Wildman–Crippen MR) is 66.4 cm³/mol. The normalized spacial score (nSPS) is 15.8. The van der Waals surface area contributed by atoms with Gasteiger partial charge in [0.05, 0.1) is 12.4 Å². The summed E-state index contributed by atoms with van der Waals surface area (Å²) in [6.07, 6.45) is 6.68. The maximum absolute atomic E-state index is 11.2. The number of aromatic nitrogens is 3. The van der Waals surface area contributed by atoms with Crippen molar-refractivity contribution in [3.05, 3.63) is 36.3 Å². The molecule has 0 N–H and O–H groups in total. The lowest BCUT2D eigenvalue weighted by molar-refractivity contribution is 0.609. The summed E-state index contributed by atoms with van der Waals surface area (Å²) in [5.41, 5.74) is 1.21. The monoisotopic (exact) mass is 283 g/mol. The molecule has 1 aliphatic carbocycles. The van der Waals surface area contributed by atoms with Gasteiger partial charge in [0.2, 0.25) is 0 Å². The Morgan fingerprint density at radius 1 is 1.39 bits per heavy atom. The van der Waals surface area contributed by atoms with Gasteiger partial charge in [0, 0.05) is 16.9 Å². The maximum Gasteiger partial charge on any atom is 0.264 e. The lowest BCUT2D eigenvalue weighted by Crippen LogP contribution is -1.98. The first-order chi connectivity index (χ1) is 8.54. The van der Waals surface area contributed by atoms with Gasteiger partial charge in [-0.1, -0.05) is 0 Å². The summed E-state index contributed by atoms with van der Waals surface area (Å²) in [7, 11) is 1.51. The summed E-state index contributed by atoms with van der Waals surface area (Å²) >= 11 is 0. The van der Waals surface area contributed by atoms with E-state index in [0.717, 1.165) is 0 Å². The van der Waals surface area contributed by atoms with Gasteiger partial charge in [-0.2, -0.15) is 5.10 Å². The zero-order chi connectivity index (χ0) is 12.8. The molecule has 0 saturated heterocycles. The van der Waals surface area contributed by atoms with Crippen LogP contribution in [-0.2, 0) is 9.05 Å². The number of rotatable bonds is 3. The highest BCUT2D eigenvalue weighted by Crippen LogP contribution is 2.40. The Morgan fingerprint density at radius 2 is 2.17 bits per heavy atom. The van der Waals surface area contributed by atoms with E-state index in [2.05, 4.69) is 10.1 Å². The van der Waals surface area contributed by atoms with Crippen molar-refractivity contribution in [1.29, 1.82) is 0 Å². The summed E-state index contributed by atoms with van der Waals surface area (Å²) < 4.78 is 23.7. The number of nitrogens with zero attached hydrogens (tertiary/aromatic N) is 3. The van der Waals surface area contributed by atoms with Crippen LogP contribution in [0.2, 0.25) is 0 Å². The van der Waals surface area contributed by atoms with E-state index in [9.17, 15) is 8.42 Å². The topological polar surface area (TPSA) is 64.8 Å². The zero-order valence-corrected chi connectivity index (χ0v) is 10.9. The number of pyridine rings is 1. The highest BCUT2D eigenvalue weighted by molar-refractivity contribution is 8.13. The van der Waals surface area contributed by atoms with Crippen LogP contribution < -0.4 is 0 Å². The molecule has 2 aromatic rings. The molecular weight excluding hydrogens is 274 g/mol. The van der Waals surface area contributed by atoms with E-state index >= 15 is 0 Å². The molecule has 2 heterocycles. The molecular formula is C11H10ClN3O2S. The van der Waals surface area contributed by atoms with Crippen molar-refractivity contribution in [2.24, 2.45) is 0 Å². The van der Waals surface area contributed by atoms with Gasteiger partial charge in [-0.15, -0.1) is 0 Å². The van der Waals surface area contributed by atoms with E-state index in [1.165, 1.54) is 35.5 Å². The van der Waals surface area contributed by atoms with Gasteiger partial charge in [-0.25, -0.2) is 18.1 Å². The second kappa shape index (κ2) is 4.07. The van der Waals surface area contributed by atoms with E-state index in [4.69, 9.17) is 10.7 Å². The number of hydrogen-bond acceptors (Lipinski definition) is 4. The van der Waals surface area contributed by atoms with E-state index in [0.29, 0.717) is 11.7 Å². The fraction of sp³-hybridized carbons (Fsp3) is 0.273. The lowest BCUT2D eigenvalue weighted by Gasteiger charge is -2.02. The Bertz CT molecular complexity index is 692. The highest BCUT2D eigenvalue weighted by atomic mass is 35.7. The van der Waals surface area contributed by atoms with E-state index < -0.39 is 9.05 Å². The molecule has 0 aromatic carbocycles. The van der Waals surface area contributed by atoms with Crippen molar-refractivity contribution in [3.63, 3.8) is 0 Å². The summed E-state index contributed by atoms with van der Waals surface area (Å²) in [6, 6.07) is 3.90. The fourth-order valence-electron chi connectivity index (χ4n) is 1.79. The Morgan fingerprint density at radius 3 is 2.78 bits per heavy atom. The molecule has 1 aliphatic rings. The SMILES string of the molecule is O=S(=O)(Cl)c1cnn(-c2cc(C3CC3)ccn2)c1. The molecule has 1 saturated carbocycles. The van der Waals surface area contributed by atoms with Crippen LogP contribution in [0.5, 0.6) is 0 Å². The summed E-state index contributed by atoms with van der Waals surface area (Å²) in [5, 5.41) is 3.96. The van der Waals surface area contributed by atoms with Gasteiger partial charge in [0.25, 0.3) is 9.05 Å². The van der Waals surface area contributed by atoms with Gasteiger partial charge in [0.15, 0.2) is 5.82 Å². The van der Waals surface area contributed by atoms with Crippen LogP contribution in [0.3, 0.4) is 0 Å². The second-order valence-electron chi connectivity index (χ2n) is 4.28.